The maximum Gasteiger partial charge on any atom is 0.227 e. The molecule has 0 spiro atoms. The summed E-state index contributed by atoms with van der Waals surface area (Å²) in [6, 6.07) is 8.11. The molecule has 7 heteroatoms. The van der Waals surface area contributed by atoms with E-state index in [0.29, 0.717) is 24.9 Å². The van der Waals surface area contributed by atoms with Crippen molar-refractivity contribution in [2.24, 2.45) is 5.92 Å². The Bertz CT molecular complexity index is 640. The predicted octanol–water partition coefficient (Wildman–Crippen LogP) is 2.12. The maximum absolute atomic E-state index is 12.6. The van der Waals surface area contributed by atoms with Gasteiger partial charge in [0.15, 0.2) is 0 Å². The van der Waals surface area contributed by atoms with Crippen molar-refractivity contribution in [3.8, 4) is 5.75 Å². The van der Waals surface area contributed by atoms with Crippen molar-refractivity contribution < 1.29 is 14.3 Å². The monoisotopic (exact) mass is 381 g/mol. The van der Waals surface area contributed by atoms with Crippen molar-refractivity contribution in [1.29, 1.82) is 0 Å². The molecule has 6 nitrogen and oxygen atoms in total. The zero-order valence-electron chi connectivity index (χ0n) is 15.4. The number of benzene rings is 1. The SMILES string of the molecule is CCOc1ccccc1N1CC(C(=O)NC2CCNC(C)C2)CC1=O.Cl. The number of nitrogens with zero attached hydrogens (tertiary/aromatic N) is 1. The summed E-state index contributed by atoms with van der Waals surface area (Å²) < 4.78 is 5.63. The van der Waals surface area contributed by atoms with Gasteiger partial charge in [-0.25, -0.2) is 0 Å². The van der Waals surface area contributed by atoms with Crippen molar-refractivity contribution in [2.75, 3.05) is 24.6 Å². The number of ether oxygens (including phenoxy) is 1. The Kier molecular flexibility index (Phi) is 7.29. The van der Waals surface area contributed by atoms with Crippen LogP contribution in [0.1, 0.15) is 33.1 Å². The summed E-state index contributed by atoms with van der Waals surface area (Å²) in [5.74, 6) is 0.355. The van der Waals surface area contributed by atoms with E-state index in [0.717, 1.165) is 25.1 Å². The minimum Gasteiger partial charge on any atom is -0.492 e. The van der Waals surface area contributed by atoms with E-state index in [1.165, 1.54) is 0 Å². The average molecular weight is 382 g/mol. The predicted molar refractivity (Wildman–Crippen MR) is 104 cm³/mol. The van der Waals surface area contributed by atoms with Gasteiger partial charge in [-0.2, -0.15) is 0 Å². The lowest BCUT2D eigenvalue weighted by Crippen LogP contribution is -2.48. The third kappa shape index (κ3) is 4.68. The van der Waals surface area contributed by atoms with E-state index in [4.69, 9.17) is 4.74 Å². The maximum atomic E-state index is 12.6. The molecule has 1 aromatic carbocycles. The van der Waals surface area contributed by atoms with E-state index in [2.05, 4.69) is 17.6 Å². The van der Waals surface area contributed by atoms with Crippen molar-refractivity contribution in [2.45, 2.75) is 45.2 Å². The Morgan fingerprint density at radius 1 is 1.38 bits per heavy atom. The van der Waals surface area contributed by atoms with E-state index in [1.807, 2.05) is 31.2 Å². The number of hydrogen-bond donors (Lipinski definition) is 2. The number of para-hydroxylation sites is 2. The van der Waals surface area contributed by atoms with Gasteiger partial charge in [0, 0.05) is 25.0 Å². The molecule has 3 unspecified atom stereocenters. The fourth-order valence-electron chi connectivity index (χ4n) is 3.66. The standard InChI is InChI=1S/C19H27N3O3.ClH/c1-3-25-17-7-5-4-6-16(17)22-12-14(11-18(22)23)19(24)21-15-8-9-20-13(2)10-15;/h4-7,13-15,20H,3,8-12H2,1-2H3,(H,21,24);1H. The summed E-state index contributed by atoms with van der Waals surface area (Å²) in [4.78, 5) is 26.8. The van der Waals surface area contributed by atoms with E-state index >= 15 is 0 Å². The number of carbonyl (C=O) groups is 2. The number of piperidine rings is 1. The van der Waals surface area contributed by atoms with Gasteiger partial charge in [-0.1, -0.05) is 12.1 Å². The molecule has 2 saturated heterocycles. The number of hydrogen-bond acceptors (Lipinski definition) is 4. The number of halogens is 1. The van der Waals surface area contributed by atoms with Gasteiger partial charge >= 0.3 is 0 Å². The Labute approximate surface area is 161 Å². The number of anilines is 1. The normalized spacial score (nSPS) is 25.5. The lowest BCUT2D eigenvalue weighted by Gasteiger charge is -2.29. The van der Waals surface area contributed by atoms with Crippen LogP contribution in [0.25, 0.3) is 0 Å². The van der Waals surface area contributed by atoms with Crippen LogP contribution in [0.5, 0.6) is 5.75 Å². The highest BCUT2D eigenvalue weighted by atomic mass is 35.5. The lowest BCUT2D eigenvalue weighted by molar-refractivity contribution is -0.127. The summed E-state index contributed by atoms with van der Waals surface area (Å²) in [6.45, 7) is 5.92. The molecule has 0 radical (unpaired) electrons. The van der Waals surface area contributed by atoms with Crippen LogP contribution in [0.15, 0.2) is 24.3 Å². The molecule has 2 amide bonds. The third-order valence-electron chi connectivity index (χ3n) is 4.92. The molecule has 2 aliphatic heterocycles. The highest BCUT2D eigenvalue weighted by molar-refractivity contribution is 6.01. The average Bonchev–Trinajstić information content (AvgIpc) is 2.97. The second-order valence-corrected chi connectivity index (χ2v) is 6.89. The lowest BCUT2D eigenvalue weighted by atomic mass is 9.99. The largest absolute Gasteiger partial charge is 0.492 e. The van der Waals surface area contributed by atoms with E-state index in [9.17, 15) is 9.59 Å². The summed E-state index contributed by atoms with van der Waals surface area (Å²) in [5, 5.41) is 6.52. The molecule has 0 saturated carbocycles. The van der Waals surface area contributed by atoms with E-state index in [1.54, 1.807) is 4.90 Å². The second kappa shape index (κ2) is 9.24. The molecule has 1 aromatic rings. The molecule has 2 fully saturated rings. The number of rotatable bonds is 5. The van der Waals surface area contributed by atoms with Crippen LogP contribution in [0.2, 0.25) is 0 Å². The molecule has 0 bridgehead atoms. The number of carbonyl (C=O) groups excluding carboxylic acids is 2. The second-order valence-electron chi connectivity index (χ2n) is 6.89. The Balaban J connectivity index is 0.00000243. The molecule has 144 valence electrons. The van der Waals surface area contributed by atoms with Gasteiger partial charge < -0.3 is 20.3 Å². The molecule has 26 heavy (non-hydrogen) atoms. The van der Waals surface area contributed by atoms with E-state index in [-0.39, 0.29) is 42.6 Å². The molecule has 2 N–H and O–H groups in total. The minimum atomic E-state index is -0.299. The van der Waals surface area contributed by atoms with Crippen LogP contribution in [0.3, 0.4) is 0 Å². The van der Waals surface area contributed by atoms with E-state index < -0.39 is 0 Å². The number of nitrogens with one attached hydrogen (secondary N) is 2. The van der Waals surface area contributed by atoms with Gasteiger partial charge in [0.1, 0.15) is 5.75 Å². The first kappa shape index (κ1) is 20.5. The van der Waals surface area contributed by atoms with Crippen LogP contribution in [0.4, 0.5) is 5.69 Å². The van der Waals surface area contributed by atoms with Crippen LogP contribution in [-0.2, 0) is 9.59 Å². The Morgan fingerprint density at radius 3 is 2.88 bits per heavy atom. The van der Waals surface area contributed by atoms with Gasteiger partial charge in [-0.05, 0) is 45.4 Å². The molecule has 0 aliphatic carbocycles. The van der Waals surface area contributed by atoms with Gasteiger partial charge in [0.05, 0.1) is 18.2 Å². The molecular formula is C19H28ClN3O3. The van der Waals surface area contributed by atoms with Gasteiger partial charge in [0.25, 0.3) is 0 Å². The molecule has 0 aromatic heterocycles. The van der Waals surface area contributed by atoms with Gasteiger partial charge in [0.2, 0.25) is 11.8 Å². The summed E-state index contributed by atoms with van der Waals surface area (Å²) in [5.41, 5.74) is 0.750. The first-order chi connectivity index (χ1) is 12.1. The van der Waals surface area contributed by atoms with Gasteiger partial charge in [-0.3, -0.25) is 9.59 Å². The highest BCUT2D eigenvalue weighted by Gasteiger charge is 2.37. The zero-order chi connectivity index (χ0) is 17.8. The van der Waals surface area contributed by atoms with Crippen molar-refractivity contribution in [3.63, 3.8) is 0 Å². The molecule has 3 atom stereocenters. The smallest absolute Gasteiger partial charge is 0.227 e. The van der Waals surface area contributed by atoms with Crippen LogP contribution in [0, 0.1) is 5.92 Å². The Hall–Kier alpha value is -1.79. The van der Waals surface area contributed by atoms with Crippen molar-refractivity contribution in [3.05, 3.63) is 24.3 Å². The molecule has 2 heterocycles. The Morgan fingerprint density at radius 2 is 2.15 bits per heavy atom. The quantitative estimate of drug-likeness (QED) is 0.819. The first-order valence-corrected chi connectivity index (χ1v) is 9.14. The summed E-state index contributed by atoms with van der Waals surface area (Å²) in [7, 11) is 0. The van der Waals surface area contributed by atoms with Crippen LogP contribution < -0.4 is 20.3 Å². The molecule has 2 aliphatic rings. The first-order valence-electron chi connectivity index (χ1n) is 9.14. The third-order valence-corrected chi connectivity index (χ3v) is 4.92. The minimum absolute atomic E-state index is 0. The fourth-order valence-corrected chi connectivity index (χ4v) is 3.66. The van der Waals surface area contributed by atoms with Crippen molar-refractivity contribution >= 4 is 29.9 Å². The number of amides is 2. The highest BCUT2D eigenvalue weighted by Crippen LogP contribution is 2.33. The summed E-state index contributed by atoms with van der Waals surface area (Å²) in [6.07, 6.45) is 2.13. The summed E-state index contributed by atoms with van der Waals surface area (Å²) >= 11 is 0. The van der Waals surface area contributed by atoms with Crippen molar-refractivity contribution in [1.82, 2.24) is 10.6 Å². The zero-order valence-corrected chi connectivity index (χ0v) is 16.2. The molecular weight excluding hydrogens is 354 g/mol. The van der Waals surface area contributed by atoms with Crippen LogP contribution >= 0.6 is 12.4 Å². The van der Waals surface area contributed by atoms with Gasteiger partial charge in [-0.15, -0.1) is 12.4 Å². The topological polar surface area (TPSA) is 70.7 Å². The fraction of sp³-hybridized carbons (Fsp3) is 0.579. The van der Waals surface area contributed by atoms with Crippen LogP contribution in [-0.4, -0.2) is 43.6 Å². The molecule has 3 rings (SSSR count).